The average molecular weight is 105 g/mol. The summed E-state index contributed by atoms with van der Waals surface area (Å²) in [6.45, 7) is 0.675. The highest BCUT2D eigenvalue weighted by Crippen LogP contribution is 1.90. The summed E-state index contributed by atoms with van der Waals surface area (Å²) in [6.07, 6.45) is 1.68. The Hall–Kier alpha value is -0.0800. The van der Waals surface area contributed by atoms with Gasteiger partial charge in [0.2, 0.25) is 0 Å². The third-order valence-electron chi connectivity index (χ3n) is 0.614. The number of halogens is 1. The van der Waals surface area contributed by atoms with Gasteiger partial charge in [-0.05, 0) is 0 Å². The number of hydrogen-bond donors (Lipinski definition) is 1. The van der Waals surface area contributed by atoms with Crippen LogP contribution in [0.1, 0.15) is 0 Å². The Morgan fingerprint density at radius 3 is 3.00 bits per heavy atom. The lowest BCUT2D eigenvalue weighted by atomic mass is 10.7. The van der Waals surface area contributed by atoms with Crippen molar-refractivity contribution < 1.29 is 0 Å². The molecule has 1 atom stereocenters. The van der Waals surface area contributed by atoms with Crippen molar-refractivity contribution in [2.75, 3.05) is 6.67 Å². The van der Waals surface area contributed by atoms with E-state index in [9.17, 15) is 0 Å². The largest absolute Gasteiger partial charge is 0.279 e. The van der Waals surface area contributed by atoms with Gasteiger partial charge >= 0.3 is 0 Å². The Kier molecular flexibility index (Phi) is 1.08. The molecule has 1 N–H and O–H groups in total. The molecule has 0 fully saturated rings. The maximum atomic E-state index is 5.45. The van der Waals surface area contributed by atoms with E-state index in [-0.39, 0.29) is 5.50 Å². The highest BCUT2D eigenvalue weighted by molar-refractivity contribution is 6.28. The van der Waals surface area contributed by atoms with E-state index in [1.165, 1.54) is 0 Å². The van der Waals surface area contributed by atoms with Crippen molar-refractivity contribution in [3.05, 3.63) is 0 Å². The number of nitrogens with one attached hydrogen (secondary N) is 1. The van der Waals surface area contributed by atoms with Gasteiger partial charge in [0.05, 0.1) is 6.67 Å². The number of aliphatic imine (C=N–C) groups is 1. The summed E-state index contributed by atoms with van der Waals surface area (Å²) in [6, 6.07) is 0. The minimum atomic E-state index is -0.0231. The second kappa shape index (κ2) is 1.58. The minimum absolute atomic E-state index is 0.0231. The molecule has 1 heterocycles. The lowest BCUT2D eigenvalue weighted by molar-refractivity contribution is 0.814. The van der Waals surface area contributed by atoms with Gasteiger partial charge in [-0.1, -0.05) is 11.6 Å². The van der Waals surface area contributed by atoms with Gasteiger partial charge in [0.1, 0.15) is 5.50 Å². The molecule has 34 valence electrons. The van der Waals surface area contributed by atoms with Crippen molar-refractivity contribution in [2.24, 2.45) is 4.99 Å². The Labute approximate surface area is 41.2 Å². The Bertz CT molecular complexity index is 71.2. The SMILES string of the molecule is ClC1C=NCN1. The van der Waals surface area contributed by atoms with Crippen LogP contribution in [0.25, 0.3) is 0 Å². The van der Waals surface area contributed by atoms with Crippen molar-refractivity contribution in [3.63, 3.8) is 0 Å². The minimum Gasteiger partial charge on any atom is -0.279 e. The highest BCUT2D eigenvalue weighted by atomic mass is 35.5. The van der Waals surface area contributed by atoms with Gasteiger partial charge in [-0.2, -0.15) is 0 Å². The molecule has 0 aromatic rings. The fourth-order valence-electron chi connectivity index (χ4n) is 0.338. The van der Waals surface area contributed by atoms with E-state index >= 15 is 0 Å². The summed E-state index contributed by atoms with van der Waals surface area (Å²) >= 11 is 5.45. The Morgan fingerprint density at radius 1 is 2.00 bits per heavy atom. The van der Waals surface area contributed by atoms with Crippen LogP contribution in [0.3, 0.4) is 0 Å². The van der Waals surface area contributed by atoms with Crippen LogP contribution < -0.4 is 5.32 Å². The van der Waals surface area contributed by atoms with E-state index in [0.717, 1.165) is 0 Å². The van der Waals surface area contributed by atoms with Crippen molar-refractivity contribution in [1.82, 2.24) is 5.32 Å². The predicted octanol–water partition coefficient (Wildman–Crippen LogP) is 0.183. The lowest BCUT2D eigenvalue weighted by Crippen LogP contribution is -2.16. The summed E-state index contributed by atoms with van der Waals surface area (Å²) in [7, 11) is 0. The topological polar surface area (TPSA) is 24.4 Å². The molecule has 0 aromatic heterocycles. The van der Waals surface area contributed by atoms with Crippen LogP contribution in [-0.4, -0.2) is 18.4 Å². The first-order valence-electron chi connectivity index (χ1n) is 1.77. The summed E-state index contributed by atoms with van der Waals surface area (Å²) in [5.74, 6) is 0. The molecule has 0 spiro atoms. The van der Waals surface area contributed by atoms with Gasteiger partial charge < -0.3 is 0 Å². The van der Waals surface area contributed by atoms with Crippen LogP contribution >= 0.6 is 11.6 Å². The summed E-state index contributed by atoms with van der Waals surface area (Å²) in [5, 5.41) is 2.86. The van der Waals surface area contributed by atoms with Crippen LogP contribution in [0, 0.1) is 0 Å². The zero-order chi connectivity index (χ0) is 4.41. The van der Waals surface area contributed by atoms with Gasteiger partial charge in [-0.25, -0.2) is 0 Å². The van der Waals surface area contributed by atoms with Crippen LogP contribution in [0.5, 0.6) is 0 Å². The highest BCUT2D eigenvalue weighted by Gasteiger charge is 2.00. The molecule has 1 aliphatic rings. The monoisotopic (exact) mass is 104 g/mol. The van der Waals surface area contributed by atoms with E-state index in [1.54, 1.807) is 6.21 Å². The molecule has 3 heteroatoms. The maximum Gasteiger partial charge on any atom is 0.119 e. The van der Waals surface area contributed by atoms with E-state index in [1.807, 2.05) is 0 Å². The summed E-state index contributed by atoms with van der Waals surface area (Å²) < 4.78 is 0. The van der Waals surface area contributed by atoms with Crippen molar-refractivity contribution in [1.29, 1.82) is 0 Å². The molecule has 1 rings (SSSR count). The fourth-order valence-corrected chi connectivity index (χ4v) is 0.487. The molecule has 0 aliphatic carbocycles. The molecule has 0 amide bonds. The van der Waals surface area contributed by atoms with Crippen LogP contribution in [0.2, 0.25) is 0 Å². The molecule has 0 saturated carbocycles. The predicted molar refractivity (Wildman–Crippen MR) is 26.1 cm³/mol. The molecule has 0 aromatic carbocycles. The van der Waals surface area contributed by atoms with Gasteiger partial charge in [-0.3, -0.25) is 10.3 Å². The third kappa shape index (κ3) is 0.698. The van der Waals surface area contributed by atoms with Gasteiger partial charge in [0.25, 0.3) is 0 Å². The number of hydrogen-bond acceptors (Lipinski definition) is 2. The van der Waals surface area contributed by atoms with Crippen LogP contribution in [0.4, 0.5) is 0 Å². The summed E-state index contributed by atoms with van der Waals surface area (Å²) in [4.78, 5) is 3.80. The molecule has 2 nitrogen and oxygen atoms in total. The molecular formula is C3H5ClN2. The molecule has 6 heavy (non-hydrogen) atoms. The average Bonchev–Trinajstić information content (AvgIpc) is 1.86. The molecule has 0 bridgehead atoms. The Balaban J connectivity index is 2.38. The normalized spacial score (nSPS) is 31.8. The first-order valence-corrected chi connectivity index (χ1v) is 2.20. The fraction of sp³-hybridized carbons (Fsp3) is 0.667. The number of alkyl halides is 1. The van der Waals surface area contributed by atoms with E-state index in [4.69, 9.17) is 11.6 Å². The smallest absolute Gasteiger partial charge is 0.119 e. The van der Waals surface area contributed by atoms with Gasteiger partial charge in [0.15, 0.2) is 0 Å². The first kappa shape index (κ1) is 4.09. The molecular weight excluding hydrogens is 99.5 g/mol. The first-order chi connectivity index (χ1) is 2.89. The van der Waals surface area contributed by atoms with Crippen LogP contribution in [0.15, 0.2) is 4.99 Å². The summed E-state index contributed by atoms with van der Waals surface area (Å²) in [5.41, 5.74) is -0.0231. The van der Waals surface area contributed by atoms with Crippen molar-refractivity contribution in [2.45, 2.75) is 5.50 Å². The number of rotatable bonds is 0. The maximum absolute atomic E-state index is 5.45. The molecule has 1 aliphatic heterocycles. The van der Waals surface area contributed by atoms with Crippen LogP contribution in [-0.2, 0) is 0 Å². The van der Waals surface area contributed by atoms with E-state index in [2.05, 4.69) is 10.3 Å². The standard InChI is InChI=1S/C3H5ClN2/c4-3-1-5-2-6-3/h1,3,6H,2H2. The second-order valence-corrected chi connectivity index (χ2v) is 1.57. The van der Waals surface area contributed by atoms with E-state index in [0.29, 0.717) is 6.67 Å². The van der Waals surface area contributed by atoms with Gasteiger partial charge in [0, 0.05) is 6.21 Å². The Morgan fingerprint density at radius 2 is 2.83 bits per heavy atom. The zero-order valence-electron chi connectivity index (χ0n) is 3.19. The zero-order valence-corrected chi connectivity index (χ0v) is 3.94. The molecule has 0 saturated heterocycles. The van der Waals surface area contributed by atoms with Crippen molar-refractivity contribution in [3.8, 4) is 0 Å². The lowest BCUT2D eigenvalue weighted by Gasteiger charge is -1.88. The van der Waals surface area contributed by atoms with Gasteiger partial charge in [-0.15, -0.1) is 0 Å². The quantitative estimate of drug-likeness (QED) is 0.344. The molecule has 0 radical (unpaired) electrons. The third-order valence-corrected chi connectivity index (χ3v) is 0.881. The second-order valence-electron chi connectivity index (χ2n) is 1.10. The van der Waals surface area contributed by atoms with Crippen molar-refractivity contribution >= 4 is 17.8 Å². The van der Waals surface area contributed by atoms with E-state index < -0.39 is 0 Å². The molecule has 1 unspecified atom stereocenters. The number of nitrogens with zero attached hydrogens (tertiary/aromatic N) is 1.